The molecule has 0 radical (unpaired) electrons. The predicted octanol–water partition coefficient (Wildman–Crippen LogP) is 3.22. The van der Waals surface area contributed by atoms with Crippen molar-refractivity contribution in [2.24, 2.45) is 0 Å². The van der Waals surface area contributed by atoms with E-state index in [9.17, 15) is 5.26 Å². The lowest BCUT2D eigenvalue weighted by atomic mass is 9.98. The summed E-state index contributed by atoms with van der Waals surface area (Å²) in [5.41, 5.74) is 11.1. The van der Waals surface area contributed by atoms with Crippen LogP contribution < -0.4 is 5.73 Å². The molecule has 0 aromatic carbocycles. The van der Waals surface area contributed by atoms with E-state index in [1.165, 1.54) is 0 Å². The number of fused-ring (bicyclic) bond motifs is 3. The topological polar surface area (TPSA) is 73.6 Å². The predicted molar refractivity (Wildman–Crippen MR) is 73.5 cm³/mol. The highest BCUT2D eigenvalue weighted by molar-refractivity contribution is 5.93. The molecule has 0 atom stereocenters. The largest absolute Gasteiger partial charge is 0.398 e. The summed E-state index contributed by atoms with van der Waals surface area (Å²) in [6.07, 6.45) is 0. The molecule has 0 aromatic rings. The zero-order chi connectivity index (χ0) is 13.4. The summed E-state index contributed by atoms with van der Waals surface area (Å²) < 4.78 is 0. The standard InChI is InChI=1S/C16H9N3/c17-8-10-4-5-13-14(7-16(19)15(13)9-18)12-3-1-2-11(12)6-10/h1-7H,19H2. The first kappa shape index (κ1) is 11.1. The summed E-state index contributed by atoms with van der Waals surface area (Å²) in [4.78, 5) is 0. The van der Waals surface area contributed by atoms with E-state index in [0.717, 1.165) is 22.3 Å². The lowest BCUT2D eigenvalue weighted by Gasteiger charge is -2.04. The van der Waals surface area contributed by atoms with Gasteiger partial charge in [0.25, 0.3) is 0 Å². The van der Waals surface area contributed by atoms with Gasteiger partial charge in [-0.3, -0.25) is 0 Å². The Kier molecular flexibility index (Phi) is 2.34. The van der Waals surface area contributed by atoms with Crippen molar-refractivity contribution in [1.82, 2.24) is 0 Å². The van der Waals surface area contributed by atoms with Gasteiger partial charge in [0.1, 0.15) is 6.07 Å². The molecule has 3 rings (SSSR count). The van der Waals surface area contributed by atoms with Gasteiger partial charge in [0.2, 0.25) is 0 Å². The van der Waals surface area contributed by atoms with Crippen molar-refractivity contribution in [3.05, 3.63) is 53.6 Å². The summed E-state index contributed by atoms with van der Waals surface area (Å²) in [7, 11) is 0. The third-order valence-corrected chi connectivity index (χ3v) is 3.27. The Morgan fingerprint density at radius 3 is 2.42 bits per heavy atom. The van der Waals surface area contributed by atoms with Crippen LogP contribution in [-0.4, -0.2) is 0 Å². The molecule has 88 valence electrons. The molecule has 0 saturated heterocycles. The molecule has 0 unspecified atom stereocenters. The number of nitriles is 2. The fourth-order valence-electron chi connectivity index (χ4n) is 2.38. The number of anilines is 1. The Labute approximate surface area is 110 Å². The molecule has 3 heteroatoms. The molecule has 0 bridgehead atoms. The maximum absolute atomic E-state index is 9.20. The number of hydrogen-bond donors (Lipinski definition) is 1. The van der Waals surface area contributed by atoms with Gasteiger partial charge >= 0.3 is 0 Å². The summed E-state index contributed by atoms with van der Waals surface area (Å²) in [6, 6.07) is 17.3. The molecule has 0 saturated carbocycles. The molecule has 19 heavy (non-hydrogen) atoms. The van der Waals surface area contributed by atoms with Gasteiger partial charge in [0.05, 0.1) is 22.9 Å². The first-order valence-electron chi connectivity index (χ1n) is 5.80. The lowest BCUT2D eigenvalue weighted by molar-refractivity contribution is 1.49. The molecular formula is C16H9N3. The van der Waals surface area contributed by atoms with E-state index in [0.29, 0.717) is 16.8 Å². The van der Waals surface area contributed by atoms with Crippen molar-refractivity contribution in [1.29, 1.82) is 10.5 Å². The molecule has 3 aliphatic carbocycles. The first-order chi connectivity index (χ1) is 9.24. The third-order valence-electron chi connectivity index (χ3n) is 3.27. The zero-order valence-corrected chi connectivity index (χ0v) is 10.0. The maximum Gasteiger partial charge on any atom is 0.102 e. The minimum Gasteiger partial charge on any atom is -0.398 e. The Hall–Kier alpha value is -3.04. The smallest absolute Gasteiger partial charge is 0.102 e. The number of nitrogens with two attached hydrogens (primary N) is 1. The van der Waals surface area contributed by atoms with E-state index in [1.807, 2.05) is 30.3 Å². The second kappa shape index (κ2) is 4.01. The van der Waals surface area contributed by atoms with Gasteiger partial charge in [-0.2, -0.15) is 10.5 Å². The highest BCUT2D eigenvalue weighted by Gasteiger charge is 2.17. The number of rotatable bonds is 0. The molecule has 0 aromatic heterocycles. The SMILES string of the molecule is N#Cc1ccc2c(C#N)c(N)cc-2c2cccc-2c1. The van der Waals surface area contributed by atoms with E-state index in [2.05, 4.69) is 12.1 Å². The monoisotopic (exact) mass is 243 g/mol. The minimum atomic E-state index is 0.470. The molecular weight excluding hydrogens is 234 g/mol. The van der Waals surface area contributed by atoms with Crippen LogP contribution in [0.15, 0.2) is 42.5 Å². The van der Waals surface area contributed by atoms with Crippen molar-refractivity contribution < 1.29 is 0 Å². The van der Waals surface area contributed by atoms with Gasteiger partial charge in [0.15, 0.2) is 0 Å². The number of hydrogen-bond acceptors (Lipinski definition) is 3. The van der Waals surface area contributed by atoms with Gasteiger partial charge in [-0.25, -0.2) is 0 Å². The van der Waals surface area contributed by atoms with Crippen LogP contribution in [0.5, 0.6) is 0 Å². The Balaban J connectivity index is 2.47. The molecule has 0 amide bonds. The molecule has 2 N–H and O–H groups in total. The molecule has 0 aliphatic heterocycles. The normalized spacial score (nSPS) is 10.2. The molecule has 0 heterocycles. The zero-order valence-electron chi connectivity index (χ0n) is 10.0. The highest BCUT2D eigenvalue weighted by atomic mass is 14.6. The van der Waals surface area contributed by atoms with Crippen molar-refractivity contribution in [3.8, 4) is 34.4 Å². The molecule has 3 aliphatic rings. The second-order valence-corrected chi connectivity index (χ2v) is 4.35. The minimum absolute atomic E-state index is 0.470. The van der Waals surface area contributed by atoms with Crippen molar-refractivity contribution >= 4 is 5.69 Å². The fourth-order valence-corrected chi connectivity index (χ4v) is 2.38. The van der Waals surface area contributed by atoms with Gasteiger partial charge in [-0.05, 0) is 34.9 Å². The lowest BCUT2D eigenvalue weighted by Crippen LogP contribution is -1.84. The van der Waals surface area contributed by atoms with E-state index < -0.39 is 0 Å². The first-order valence-corrected chi connectivity index (χ1v) is 5.80. The average molecular weight is 243 g/mol. The van der Waals surface area contributed by atoms with Gasteiger partial charge < -0.3 is 5.73 Å². The van der Waals surface area contributed by atoms with Gasteiger partial charge in [0, 0.05) is 5.56 Å². The van der Waals surface area contributed by atoms with Crippen LogP contribution in [-0.2, 0) is 0 Å². The van der Waals surface area contributed by atoms with Crippen LogP contribution in [0.4, 0.5) is 5.69 Å². The maximum atomic E-state index is 9.20. The Morgan fingerprint density at radius 1 is 0.842 bits per heavy atom. The highest BCUT2D eigenvalue weighted by Crippen LogP contribution is 2.40. The van der Waals surface area contributed by atoms with Crippen LogP contribution in [0, 0.1) is 22.7 Å². The van der Waals surface area contributed by atoms with E-state index in [4.69, 9.17) is 11.0 Å². The Morgan fingerprint density at radius 2 is 1.68 bits per heavy atom. The quantitative estimate of drug-likeness (QED) is 0.658. The van der Waals surface area contributed by atoms with E-state index in [1.54, 1.807) is 12.1 Å². The summed E-state index contributed by atoms with van der Waals surface area (Å²) in [5.74, 6) is 0. The molecule has 0 spiro atoms. The summed E-state index contributed by atoms with van der Waals surface area (Å²) >= 11 is 0. The average Bonchev–Trinajstić information content (AvgIpc) is 2.96. The third kappa shape index (κ3) is 1.57. The molecule has 3 nitrogen and oxygen atoms in total. The Bertz CT molecular complexity index is 806. The molecule has 0 fully saturated rings. The van der Waals surface area contributed by atoms with Crippen LogP contribution in [0.1, 0.15) is 11.1 Å². The summed E-state index contributed by atoms with van der Waals surface area (Å²) in [5, 5.41) is 18.3. The fraction of sp³-hybridized carbons (Fsp3) is 0. The van der Waals surface area contributed by atoms with Crippen LogP contribution >= 0.6 is 0 Å². The number of nitrogens with zero attached hydrogens (tertiary/aromatic N) is 2. The van der Waals surface area contributed by atoms with Crippen molar-refractivity contribution in [2.45, 2.75) is 0 Å². The number of nitrogen functional groups attached to an aromatic ring is 1. The summed E-state index contributed by atoms with van der Waals surface area (Å²) in [6.45, 7) is 0. The van der Waals surface area contributed by atoms with Crippen LogP contribution in [0.3, 0.4) is 0 Å². The second-order valence-electron chi connectivity index (χ2n) is 4.35. The van der Waals surface area contributed by atoms with Crippen LogP contribution in [0.2, 0.25) is 0 Å². The van der Waals surface area contributed by atoms with Crippen molar-refractivity contribution in [2.75, 3.05) is 5.73 Å². The van der Waals surface area contributed by atoms with Gasteiger partial charge in [-0.1, -0.05) is 24.3 Å². The van der Waals surface area contributed by atoms with Crippen LogP contribution in [0.25, 0.3) is 22.3 Å². The van der Waals surface area contributed by atoms with Crippen molar-refractivity contribution in [3.63, 3.8) is 0 Å². The van der Waals surface area contributed by atoms with E-state index in [-0.39, 0.29) is 0 Å². The van der Waals surface area contributed by atoms with E-state index >= 15 is 0 Å². The van der Waals surface area contributed by atoms with Gasteiger partial charge in [-0.15, -0.1) is 0 Å².